The molecule has 5 heteroatoms. The molecule has 0 aromatic heterocycles. The minimum Gasteiger partial charge on any atom is -0.488 e. The monoisotopic (exact) mass is 306 g/mol. The Morgan fingerprint density at radius 2 is 2.14 bits per heavy atom. The van der Waals surface area contributed by atoms with Gasteiger partial charge in [-0.25, -0.2) is 4.39 Å². The number of hydrazine groups is 1. The zero-order valence-corrected chi connectivity index (χ0v) is 12.1. The first kappa shape index (κ1) is 14.3. The van der Waals surface area contributed by atoms with Crippen LogP contribution in [-0.2, 0) is 12.8 Å². The van der Waals surface area contributed by atoms with E-state index < -0.39 is 5.82 Å². The van der Waals surface area contributed by atoms with Gasteiger partial charge >= 0.3 is 0 Å². The van der Waals surface area contributed by atoms with Gasteiger partial charge in [0.2, 0.25) is 0 Å². The van der Waals surface area contributed by atoms with E-state index in [1.165, 1.54) is 11.6 Å². The van der Waals surface area contributed by atoms with Crippen LogP contribution in [0.1, 0.15) is 11.1 Å². The summed E-state index contributed by atoms with van der Waals surface area (Å²) in [7, 11) is 0. The van der Waals surface area contributed by atoms with Crippen molar-refractivity contribution < 1.29 is 9.13 Å². The standard InChI is InChI=1S/C16H16ClFN2O/c17-12-7-10(5-6-13(12)18)8-14(20-19)16-9-11-3-1-2-4-15(11)21-16/h1-7,14,16,20H,8-9,19H2. The lowest BCUT2D eigenvalue weighted by atomic mass is 9.98. The van der Waals surface area contributed by atoms with Crippen LogP contribution in [0.3, 0.4) is 0 Å². The Hall–Kier alpha value is -1.62. The molecule has 0 bridgehead atoms. The average molecular weight is 307 g/mol. The predicted octanol–water partition coefficient (Wildman–Crippen LogP) is 2.86. The summed E-state index contributed by atoms with van der Waals surface area (Å²) in [6.07, 6.45) is 1.38. The van der Waals surface area contributed by atoms with Crippen molar-refractivity contribution in [2.45, 2.75) is 25.0 Å². The first-order valence-electron chi connectivity index (χ1n) is 6.82. The number of nitrogens with one attached hydrogen (secondary N) is 1. The number of ether oxygens (including phenoxy) is 1. The zero-order chi connectivity index (χ0) is 14.8. The molecule has 110 valence electrons. The summed E-state index contributed by atoms with van der Waals surface area (Å²) < 4.78 is 19.1. The Kier molecular flexibility index (Phi) is 4.10. The Morgan fingerprint density at radius 3 is 2.86 bits per heavy atom. The topological polar surface area (TPSA) is 47.3 Å². The quantitative estimate of drug-likeness (QED) is 0.674. The van der Waals surface area contributed by atoms with Crippen LogP contribution in [0.25, 0.3) is 0 Å². The molecule has 0 spiro atoms. The molecular formula is C16H16ClFN2O. The zero-order valence-electron chi connectivity index (χ0n) is 11.4. The van der Waals surface area contributed by atoms with Gasteiger partial charge in [-0.15, -0.1) is 0 Å². The van der Waals surface area contributed by atoms with Crippen LogP contribution < -0.4 is 16.0 Å². The highest BCUT2D eigenvalue weighted by molar-refractivity contribution is 6.30. The van der Waals surface area contributed by atoms with E-state index in [9.17, 15) is 4.39 Å². The van der Waals surface area contributed by atoms with Gasteiger partial charge in [-0.05, 0) is 35.7 Å². The normalized spacial score (nSPS) is 18.1. The van der Waals surface area contributed by atoms with Crippen molar-refractivity contribution in [3.05, 3.63) is 64.4 Å². The highest BCUT2D eigenvalue weighted by Gasteiger charge is 2.29. The van der Waals surface area contributed by atoms with Gasteiger partial charge in [0.05, 0.1) is 11.1 Å². The van der Waals surface area contributed by atoms with E-state index in [4.69, 9.17) is 22.2 Å². The number of fused-ring (bicyclic) bond motifs is 1. The van der Waals surface area contributed by atoms with E-state index >= 15 is 0 Å². The second-order valence-electron chi connectivity index (χ2n) is 5.19. The number of nitrogens with two attached hydrogens (primary N) is 1. The van der Waals surface area contributed by atoms with Crippen LogP contribution in [0, 0.1) is 5.82 Å². The number of halogens is 2. The third-order valence-corrected chi connectivity index (χ3v) is 4.06. The van der Waals surface area contributed by atoms with E-state index in [0.29, 0.717) is 6.42 Å². The molecule has 3 nitrogen and oxygen atoms in total. The maximum absolute atomic E-state index is 13.2. The lowest BCUT2D eigenvalue weighted by Gasteiger charge is -2.22. The predicted molar refractivity (Wildman–Crippen MR) is 80.8 cm³/mol. The van der Waals surface area contributed by atoms with Crippen LogP contribution in [0.4, 0.5) is 4.39 Å². The summed E-state index contributed by atoms with van der Waals surface area (Å²) in [6.45, 7) is 0. The average Bonchev–Trinajstić information content (AvgIpc) is 2.92. The van der Waals surface area contributed by atoms with Crippen molar-refractivity contribution in [3.63, 3.8) is 0 Å². The summed E-state index contributed by atoms with van der Waals surface area (Å²) in [5.74, 6) is 6.15. The largest absolute Gasteiger partial charge is 0.488 e. The van der Waals surface area contributed by atoms with Crippen molar-refractivity contribution >= 4 is 11.6 Å². The Balaban J connectivity index is 1.73. The van der Waals surface area contributed by atoms with Crippen molar-refractivity contribution in [3.8, 4) is 5.75 Å². The van der Waals surface area contributed by atoms with Crippen molar-refractivity contribution in [1.82, 2.24) is 5.43 Å². The molecule has 1 aliphatic rings. The van der Waals surface area contributed by atoms with Crippen molar-refractivity contribution in [2.75, 3.05) is 0 Å². The maximum atomic E-state index is 13.2. The fourth-order valence-electron chi connectivity index (χ4n) is 2.65. The molecule has 2 aromatic carbocycles. The fourth-order valence-corrected chi connectivity index (χ4v) is 2.85. The molecule has 1 aliphatic heterocycles. The first-order chi connectivity index (χ1) is 10.2. The number of hydrogen-bond acceptors (Lipinski definition) is 3. The molecule has 0 aliphatic carbocycles. The van der Waals surface area contributed by atoms with Gasteiger partial charge in [-0.3, -0.25) is 11.3 Å². The first-order valence-corrected chi connectivity index (χ1v) is 7.20. The number of benzene rings is 2. The van der Waals surface area contributed by atoms with Crippen molar-refractivity contribution in [2.24, 2.45) is 5.84 Å². The van der Waals surface area contributed by atoms with E-state index in [-0.39, 0.29) is 17.2 Å². The summed E-state index contributed by atoms with van der Waals surface area (Å²) in [5, 5.41) is 0.124. The van der Waals surface area contributed by atoms with Gasteiger partial charge in [0.25, 0.3) is 0 Å². The summed E-state index contributed by atoms with van der Waals surface area (Å²) in [4.78, 5) is 0. The molecule has 0 saturated carbocycles. The van der Waals surface area contributed by atoms with Gasteiger partial charge in [-0.1, -0.05) is 35.9 Å². The third kappa shape index (κ3) is 3.02. The van der Waals surface area contributed by atoms with Gasteiger partial charge in [0.15, 0.2) is 0 Å². The van der Waals surface area contributed by atoms with Crippen LogP contribution in [0.15, 0.2) is 42.5 Å². The lowest BCUT2D eigenvalue weighted by molar-refractivity contribution is 0.177. The van der Waals surface area contributed by atoms with Gasteiger partial charge in [0, 0.05) is 6.42 Å². The molecule has 0 saturated heterocycles. The molecule has 0 amide bonds. The summed E-state index contributed by atoms with van der Waals surface area (Å²) in [5.41, 5.74) is 4.90. The van der Waals surface area contributed by atoms with E-state index in [2.05, 4.69) is 11.5 Å². The van der Waals surface area contributed by atoms with Crippen LogP contribution in [0.5, 0.6) is 5.75 Å². The van der Waals surface area contributed by atoms with Gasteiger partial charge in [-0.2, -0.15) is 0 Å². The minimum absolute atomic E-state index is 0.0452. The second kappa shape index (κ2) is 6.02. The lowest BCUT2D eigenvalue weighted by Crippen LogP contribution is -2.47. The molecule has 1 heterocycles. The van der Waals surface area contributed by atoms with Crippen molar-refractivity contribution in [1.29, 1.82) is 0 Å². The van der Waals surface area contributed by atoms with E-state index in [1.54, 1.807) is 12.1 Å². The fraction of sp³-hybridized carbons (Fsp3) is 0.250. The van der Waals surface area contributed by atoms with E-state index in [0.717, 1.165) is 17.7 Å². The molecule has 2 atom stereocenters. The summed E-state index contributed by atoms with van der Waals surface area (Å²) in [6, 6.07) is 12.6. The Morgan fingerprint density at radius 1 is 1.33 bits per heavy atom. The highest BCUT2D eigenvalue weighted by Crippen LogP contribution is 2.30. The van der Waals surface area contributed by atoms with Gasteiger partial charge in [0.1, 0.15) is 17.7 Å². The molecule has 3 N–H and O–H groups in total. The number of rotatable bonds is 4. The highest BCUT2D eigenvalue weighted by atomic mass is 35.5. The Bertz CT molecular complexity index is 625. The smallest absolute Gasteiger partial charge is 0.141 e. The van der Waals surface area contributed by atoms with Crippen LogP contribution >= 0.6 is 11.6 Å². The molecule has 2 aromatic rings. The van der Waals surface area contributed by atoms with Gasteiger partial charge < -0.3 is 4.74 Å². The number of hydrogen-bond donors (Lipinski definition) is 2. The second-order valence-corrected chi connectivity index (χ2v) is 5.60. The molecule has 3 rings (SSSR count). The number of para-hydroxylation sites is 1. The molecule has 2 unspecified atom stereocenters. The molecular weight excluding hydrogens is 291 g/mol. The minimum atomic E-state index is -0.415. The summed E-state index contributed by atoms with van der Waals surface area (Å²) >= 11 is 5.82. The molecule has 21 heavy (non-hydrogen) atoms. The SMILES string of the molecule is NNC(Cc1ccc(F)c(Cl)c1)C1Cc2ccccc2O1. The van der Waals surface area contributed by atoms with Crippen LogP contribution in [0.2, 0.25) is 5.02 Å². The Labute approximate surface area is 127 Å². The van der Waals surface area contributed by atoms with E-state index in [1.807, 2.05) is 18.2 Å². The third-order valence-electron chi connectivity index (χ3n) is 3.77. The van der Waals surface area contributed by atoms with Crippen LogP contribution in [-0.4, -0.2) is 12.1 Å². The maximum Gasteiger partial charge on any atom is 0.141 e. The molecule has 0 fully saturated rings. The molecule has 0 radical (unpaired) electrons.